The highest BCUT2D eigenvalue weighted by Gasteiger charge is 2.24. The third-order valence-corrected chi connectivity index (χ3v) is 5.21. The Hall–Kier alpha value is -3.09. The molecule has 28 heavy (non-hydrogen) atoms. The number of thiazole rings is 1. The molecule has 0 spiro atoms. The van der Waals surface area contributed by atoms with Gasteiger partial charge < -0.3 is 4.74 Å². The van der Waals surface area contributed by atoms with Gasteiger partial charge in [-0.05, 0) is 24.3 Å². The van der Waals surface area contributed by atoms with Crippen molar-refractivity contribution in [3.05, 3.63) is 73.5 Å². The van der Waals surface area contributed by atoms with E-state index in [-0.39, 0.29) is 12.3 Å². The Kier molecular flexibility index (Phi) is 6.13. The molecule has 1 aromatic heterocycles. The first-order valence-corrected chi connectivity index (χ1v) is 9.66. The van der Waals surface area contributed by atoms with Crippen LogP contribution >= 0.6 is 27.3 Å². The van der Waals surface area contributed by atoms with Crippen molar-refractivity contribution < 1.29 is 14.5 Å². The van der Waals surface area contributed by atoms with Crippen LogP contribution in [0.2, 0.25) is 0 Å². The normalized spacial score (nSPS) is 11.4. The fourth-order valence-electron chi connectivity index (χ4n) is 2.37. The third-order valence-electron chi connectivity index (χ3n) is 3.77. The van der Waals surface area contributed by atoms with E-state index >= 15 is 0 Å². The monoisotopic (exact) mass is 457 g/mol. The molecule has 0 radical (unpaired) electrons. The number of aromatic nitrogens is 1. The minimum atomic E-state index is -1.06. The van der Waals surface area contributed by atoms with Gasteiger partial charge in [0.15, 0.2) is 11.7 Å². The predicted octanol–water partition coefficient (Wildman–Crippen LogP) is 4.74. The second-order valence-electron chi connectivity index (χ2n) is 5.65. The number of ketones is 1. The molecule has 0 saturated carbocycles. The van der Waals surface area contributed by atoms with Gasteiger partial charge in [-0.25, -0.2) is 4.98 Å². The minimum absolute atomic E-state index is 0.0529. The first-order valence-electron chi connectivity index (χ1n) is 7.99. The number of nitrogens with zero attached hydrogens (tertiary/aromatic N) is 3. The third kappa shape index (κ3) is 4.60. The van der Waals surface area contributed by atoms with Crippen LogP contribution in [0.5, 0.6) is 5.75 Å². The fourth-order valence-corrected chi connectivity index (χ4v) is 3.52. The zero-order valence-electron chi connectivity index (χ0n) is 14.2. The van der Waals surface area contributed by atoms with Gasteiger partial charge in [-0.3, -0.25) is 14.9 Å². The highest BCUT2D eigenvalue weighted by Crippen LogP contribution is 2.29. The molecule has 0 aliphatic rings. The lowest BCUT2D eigenvalue weighted by atomic mass is 10.1. The van der Waals surface area contributed by atoms with E-state index in [4.69, 9.17) is 4.74 Å². The molecule has 3 aromatic rings. The summed E-state index contributed by atoms with van der Waals surface area (Å²) in [6.45, 7) is -0.258. The van der Waals surface area contributed by atoms with E-state index in [9.17, 15) is 20.2 Å². The van der Waals surface area contributed by atoms with Crippen LogP contribution in [0.1, 0.15) is 10.9 Å². The number of nitriles is 1. The molecule has 0 bridgehead atoms. The van der Waals surface area contributed by atoms with E-state index in [2.05, 4.69) is 20.9 Å². The van der Waals surface area contributed by atoms with E-state index in [1.807, 2.05) is 6.07 Å². The van der Waals surface area contributed by atoms with Crippen LogP contribution in [0.3, 0.4) is 0 Å². The number of carbonyl (C=O) groups is 1. The molecule has 7 nitrogen and oxygen atoms in total. The number of nitro groups is 1. The maximum Gasteiger partial charge on any atom is 0.270 e. The largest absolute Gasteiger partial charge is 0.486 e. The highest BCUT2D eigenvalue weighted by atomic mass is 79.9. The van der Waals surface area contributed by atoms with Crippen molar-refractivity contribution in [1.82, 2.24) is 4.98 Å². The summed E-state index contributed by atoms with van der Waals surface area (Å²) in [4.78, 5) is 27.2. The molecule has 0 fully saturated rings. The second-order valence-corrected chi connectivity index (χ2v) is 7.45. The molecule has 1 atom stereocenters. The molecule has 0 aliphatic heterocycles. The van der Waals surface area contributed by atoms with E-state index in [0.717, 1.165) is 15.8 Å². The standard InChI is InChI=1S/C19H12BrN3O4S/c20-13-4-6-15(7-5-13)27-10-18(24)16(9-21)19-22-17(11-28-19)12-2-1-3-14(8-12)23(25)26/h1-8,11,16H,10H2. The number of non-ortho nitro benzene ring substituents is 1. The van der Waals surface area contributed by atoms with Crippen molar-refractivity contribution in [2.24, 2.45) is 0 Å². The summed E-state index contributed by atoms with van der Waals surface area (Å²) in [5.41, 5.74) is 0.973. The van der Waals surface area contributed by atoms with E-state index in [0.29, 0.717) is 22.0 Å². The average molecular weight is 458 g/mol. The SMILES string of the molecule is N#CC(C(=O)COc1ccc(Br)cc1)c1nc(-c2cccc([N+](=O)[O-])c2)cs1. The van der Waals surface area contributed by atoms with E-state index < -0.39 is 16.6 Å². The van der Waals surface area contributed by atoms with Crippen LogP contribution in [-0.2, 0) is 4.79 Å². The van der Waals surface area contributed by atoms with Crippen LogP contribution < -0.4 is 4.74 Å². The van der Waals surface area contributed by atoms with Gasteiger partial charge in [0.05, 0.1) is 16.7 Å². The molecular weight excluding hydrogens is 446 g/mol. The Morgan fingerprint density at radius 3 is 2.75 bits per heavy atom. The summed E-state index contributed by atoms with van der Waals surface area (Å²) in [5.74, 6) is -0.956. The van der Waals surface area contributed by atoms with E-state index in [1.165, 1.54) is 12.1 Å². The number of benzene rings is 2. The molecular formula is C19H12BrN3O4S. The molecule has 3 rings (SSSR count). The molecule has 0 saturated heterocycles. The Balaban J connectivity index is 1.73. The molecule has 0 amide bonds. The van der Waals surface area contributed by atoms with Crippen LogP contribution in [0.4, 0.5) is 5.69 Å². The van der Waals surface area contributed by atoms with Crippen LogP contribution in [0.25, 0.3) is 11.3 Å². The Morgan fingerprint density at radius 1 is 1.32 bits per heavy atom. The molecule has 1 heterocycles. The summed E-state index contributed by atoms with van der Waals surface area (Å²) < 4.78 is 6.33. The van der Waals surface area contributed by atoms with Crippen molar-refractivity contribution in [3.63, 3.8) is 0 Å². The number of nitro benzene ring substituents is 1. The summed E-state index contributed by atoms with van der Waals surface area (Å²) in [7, 11) is 0. The molecule has 9 heteroatoms. The number of hydrogen-bond acceptors (Lipinski definition) is 7. The predicted molar refractivity (Wildman–Crippen MR) is 107 cm³/mol. The van der Waals surface area contributed by atoms with Gasteiger partial charge in [0, 0.05) is 27.5 Å². The van der Waals surface area contributed by atoms with Gasteiger partial charge in [0.2, 0.25) is 0 Å². The lowest BCUT2D eigenvalue weighted by Gasteiger charge is -2.08. The second kappa shape index (κ2) is 8.73. The Labute approximate surface area is 172 Å². The molecule has 0 aliphatic carbocycles. The summed E-state index contributed by atoms with van der Waals surface area (Å²) in [5, 5.41) is 22.3. The zero-order chi connectivity index (χ0) is 20.1. The molecule has 140 valence electrons. The summed E-state index contributed by atoms with van der Waals surface area (Å²) >= 11 is 4.47. The summed E-state index contributed by atoms with van der Waals surface area (Å²) in [6, 6.07) is 15.0. The van der Waals surface area contributed by atoms with Gasteiger partial charge in [-0.2, -0.15) is 5.26 Å². The van der Waals surface area contributed by atoms with Crippen molar-refractivity contribution in [3.8, 4) is 23.1 Å². The van der Waals surface area contributed by atoms with Gasteiger partial charge in [-0.15, -0.1) is 11.3 Å². The number of ether oxygens (including phenoxy) is 1. The minimum Gasteiger partial charge on any atom is -0.486 e. The Bertz CT molecular complexity index is 1060. The van der Waals surface area contributed by atoms with Gasteiger partial charge in [0.25, 0.3) is 5.69 Å². The van der Waals surface area contributed by atoms with Gasteiger partial charge >= 0.3 is 0 Å². The Morgan fingerprint density at radius 2 is 2.07 bits per heavy atom. The van der Waals surface area contributed by atoms with Crippen molar-refractivity contribution in [2.75, 3.05) is 6.61 Å². The quantitative estimate of drug-likeness (QED) is 0.374. The number of rotatable bonds is 7. The van der Waals surface area contributed by atoms with Gasteiger partial charge in [-0.1, -0.05) is 28.1 Å². The fraction of sp³-hybridized carbons (Fsp3) is 0.105. The smallest absolute Gasteiger partial charge is 0.270 e. The number of Topliss-reactive ketones (excluding diaryl/α,β-unsaturated/α-hetero) is 1. The average Bonchev–Trinajstić information content (AvgIpc) is 3.18. The summed E-state index contributed by atoms with van der Waals surface area (Å²) in [6.07, 6.45) is 0. The number of halogens is 1. The highest BCUT2D eigenvalue weighted by molar-refractivity contribution is 9.10. The van der Waals surface area contributed by atoms with Crippen LogP contribution in [0, 0.1) is 21.4 Å². The van der Waals surface area contributed by atoms with Crippen molar-refractivity contribution >= 4 is 38.7 Å². The molecule has 0 N–H and O–H groups in total. The maximum atomic E-state index is 12.4. The number of hydrogen-bond donors (Lipinski definition) is 0. The topological polar surface area (TPSA) is 106 Å². The van der Waals surface area contributed by atoms with Crippen molar-refractivity contribution in [1.29, 1.82) is 5.26 Å². The maximum absolute atomic E-state index is 12.4. The van der Waals surface area contributed by atoms with Crippen LogP contribution in [-0.4, -0.2) is 22.3 Å². The molecule has 2 aromatic carbocycles. The van der Waals surface area contributed by atoms with Gasteiger partial charge in [0.1, 0.15) is 17.4 Å². The first-order chi connectivity index (χ1) is 13.5. The zero-order valence-corrected chi connectivity index (χ0v) is 16.6. The molecule has 1 unspecified atom stereocenters. The first kappa shape index (κ1) is 19.7. The lowest BCUT2D eigenvalue weighted by molar-refractivity contribution is -0.384. The number of carbonyl (C=O) groups excluding carboxylic acids is 1. The van der Waals surface area contributed by atoms with Crippen LogP contribution in [0.15, 0.2) is 58.4 Å². The van der Waals surface area contributed by atoms with E-state index in [1.54, 1.807) is 41.8 Å². The van der Waals surface area contributed by atoms with Crippen molar-refractivity contribution in [2.45, 2.75) is 5.92 Å². The lowest BCUT2D eigenvalue weighted by Crippen LogP contribution is -2.19.